The number of furan rings is 1. The maximum atomic E-state index is 6.26. The van der Waals surface area contributed by atoms with Gasteiger partial charge in [-0.25, -0.2) is 9.97 Å². The van der Waals surface area contributed by atoms with Crippen LogP contribution in [-0.4, -0.2) is 19.1 Å². The van der Waals surface area contributed by atoms with E-state index in [-0.39, 0.29) is 0 Å². The molecule has 0 aliphatic carbocycles. The van der Waals surface area contributed by atoms with Gasteiger partial charge >= 0.3 is 0 Å². The Balaban J connectivity index is 1.36. The van der Waals surface area contributed by atoms with Crippen LogP contribution < -0.4 is 0 Å². The molecule has 0 bridgehead atoms. The number of pyridine rings is 1. The van der Waals surface area contributed by atoms with Crippen LogP contribution in [0.1, 0.15) is 0 Å². The highest BCUT2D eigenvalue weighted by atomic mass is 32.2. The smallest absolute Gasteiger partial charge is 0.139 e. The van der Waals surface area contributed by atoms with E-state index in [4.69, 9.17) is 9.40 Å². The molecular formula is C33H22N4OS. The number of hydrogen-bond acceptors (Lipinski definition) is 4. The maximum absolute atomic E-state index is 6.26. The summed E-state index contributed by atoms with van der Waals surface area (Å²) in [5.74, 6) is 1.84. The van der Waals surface area contributed by atoms with Crippen molar-refractivity contribution in [1.29, 1.82) is 0 Å². The first-order valence-corrected chi connectivity index (χ1v) is 13.6. The molecule has 0 saturated heterocycles. The number of aromatic nitrogens is 4. The summed E-state index contributed by atoms with van der Waals surface area (Å²) in [6, 6.07) is 33.8. The Bertz CT molecular complexity index is 2170. The third-order valence-corrected chi connectivity index (χ3v) is 8.25. The molecule has 4 aromatic carbocycles. The molecule has 5 nitrogen and oxygen atoms in total. The van der Waals surface area contributed by atoms with Crippen molar-refractivity contribution in [3.8, 4) is 17.2 Å². The quantitative estimate of drug-likeness (QED) is 0.232. The van der Waals surface area contributed by atoms with Gasteiger partial charge in [-0.3, -0.25) is 4.57 Å². The molecule has 4 heterocycles. The Morgan fingerprint density at radius 1 is 0.692 bits per heavy atom. The average molecular weight is 523 g/mol. The van der Waals surface area contributed by atoms with E-state index < -0.39 is 0 Å². The SMILES string of the molecule is Cn1ccnc1-c1cccc(Sc2ccc3c4ccc5oc6ccccc6c5c4n(-c4ccccn4)c3c2)c1. The normalized spacial score (nSPS) is 11.8. The Kier molecular flexibility index (Phi) is 4.90. The molecule has 0 spiro atoms. The Morgan fingerprint density at radius 2 is 1.56 bits per heavy atom. The lowest BCUT2D eigenvalue weighted by atomic mass is 10.1. The van der Waals surface area contributed by atoms with Crippen molar-refractivity contribution in [2.24, 2.45) is 7.05 Å². The topological polar surface area (TPSA) is 48.8 Å². The molecule has 0 fully saturated rings. The Morgan fingerprint density at radius 3 is 2.44 bits per heavy atom. The summed E-state index contributed by atoms with van der Waals surface area (Å²) in [6.45, 7) is 0. The van der Waals surface area contributed by atoms with Crippen molar-refractivity contribution in [2.75, 3.05) is 0 Å². The van der Waals surface area contributed by atoms with E-state index in [0.29, 0.717) is 0 Å². The maximum Gasteiger partial charge on any atom is 0.139 e. The molecule has 0 unspecified atom stereocenters. The minimum absolute atomic E-state index is 0.879. The molecule has 6 heteroatoms. The predicted molar refractivity (Wildman–Crippen MR) is 159 cm³/mol. The molecule has 0 saturated carbocycles. The van der Waals surface area contributed by atoms with E-state index in [1.807, 2.05) is 54.5 Å². The van der Waals surface area contributed by atoms with Crippen molar-refractivity contribution in [2.45, 2.75) is 9.79 Å². The number of imidazole rings is 1. The molecule has 0 aliphatic rings. The second kappa shape index (κ2) is 8.61. The molecule has 0 radical (unpaired) electrons. The van der Waals surface area contributed by atoms with Crippen LogP contribution >= 0.6 is 11.8 Å². The fourth-order valence-corrected chi connectivity index (χ4v) is 6.47. The molecule has 0 atom stereocenters. The van der Waals surface area contributed by atoms with Gasteiger partial charge in [-0.05, 0) is 54.6 Å². The fraction of sp³-hybridized carbons (Fsp3) is 0.0303. The summed E-state index contributed by atoms with van der Waals surface area (Å²) in [7, 11) is 2.02. The monoisotopic (exact) mass is 522 g/mol. The van der Waals surface area contributed by atoms with Crippen LogP contribution in [-0.2, 0) is 7.05 Å². The number of fused-ring (bicyclic) bond motifs is 7. The molecule has 0 aliphatic heterocycles. The zero-order valence-electron chi connectivity index (χ0n) is 21.1. The number of hydrogen-bond donors (Lipinski definition) is 0. The lowest BCUT2D eigenvalue weighted by Crippen LogP contribution is -1.96. The first kappa shape index (κ1) is 22.2. The van der Waals surface area contributed by atoms with Crippen LogP contribution in [0.15, 0.2) is 130 Å². The molecule has 8 aromatic rings. The van der Waals surface area contributed by atoms with Crippen LogP contribution in [0.2, 0.25) is 0 Å². The van der Waals surface area contributed by atoms with Crippen LogP contribution in [0.3, 0.4) is 0 Å². The second-order valence-corrected chi connectivity index (χ2v) is 10.8. The highest BCUT2D eigenvalue weighted by molar-refractivity contribution is 7.99. The van der Waals surface area contributed by atoms with Crippen molar-refractivity contribution in [3.05, 3.63) is 116 Å². The minimum atomic E-state index is 0.879. The Labute approximate surface area is 228 Å². The highest BCUT2D eigenvalue weighted by Crippen LogP contribution is 2.42. The number of benzene rings is 4. The zero-order chi connectivity index (χ0) is 25.9. The van der Waals surface area contributed by atoms with Gasteiger partial charge in [-0.15, -0.1) is 0 Å². The number of aryl methyl sites for hydroxylation is 1. The summed E-state index contributed by atoms with van der Waals surface area (Å²) in [6.07, 6.45) is 5.65. The first-order chi connectivity index (χ1) is 19.2. The van der Waals surface area contributed by atoms with Crippen LogP contribution in [0.5, 0.6) is 0 Å². The third kappa shape index (κ3) is 3.49. The van der Waals surface area contributed by atoms with Crippen molar-refractivity contribution in [1.82, 2.24) is 19.1 Å². The summed E-state index contributed by atoms with van der Waals surface area (Å²) in [4.78, 5) is 11.6. The first-order valence-electron chi connectivity index (χ1n) is 12.8. The number of rotatable bonds is 4. The lowest BCUT2D eigenvalue weighted by molar-refractivity contribution is 0.669. The molecule has 39 heavy (non-hydrogen) atoms. The fourth-order valence-electron chi connectivity index (χ4n) is 5.56. The number of para-hydroxylation sites is 1. The van der Waals surface area contributed by atoms with Gasteiger partial charge in [-0.2, -0.15) is 0 Å². The lowest BCUT2D eigenvalue weighted by Gasteiger charge is -2.09. The van der Waals surface area contributed by atoms with Gasteiger partial charge in [0, 0.05) is 57.2 Å². The minimum Gasteiger partial charge on any atom is -0.456 e. The van der Waals surface area contributed by atoms with Gasteiger partial charge in [0.05, 0.1) is 16.4 Å². The zero-order valence-corrected chi connectivity index (χ0v) is 21.9. The van der Waals surface area contributed by atoms with E-state index in [2.05, 4.69) is 82.3 Å². The molecule has 0 N–H and O–H groups in total. The van der Waals surface area contributed by atoms with E-state index in [9.17, 15) is 0 Å². The largest absolute Gasteiger partial charge is 0.456 e. The van der Waals surface area contributed by atoms with Crippen molar-refractivity contribution in [3.63, 3.8) is 0 Å². The molecule has 8 rings (SSSR count). The molecular weight excluding hydrogens is 500 g/mol. The molecule has 4 aromatic heterocycles. The predicted octanol–water partition coefficient (Wildman–Crippen LogP) is 8.63. The van der Waals surface area contributed by atoms with E-state index in [0.717, 1.165) is 55.1 Å². The number of nitrogens with zero attached hydrogens (tertiary/aromatic N) is 4. The van der Waals surface area contributed by atoms with E-state index >= 15 is 0 Å². The molecule has 0 amide bonds. The standard InChI is InChI=1S/C33H22N4OS/c1-36-18-17-35-33(36)21-7-6-8-22(19-21)39-23-12-13-24-25-14-15-29-31(26-9-2-3-10-28(26)38-29)32(25)37(27(24)20-23)30-11-4-5-16-34-30/h2-20H,1H3. The van der Waals surface area contributed by atoms with E-state index in [1.165, 1.54) is 15.7 Å². The van der Waals surface area contributed by atoms with Crippen LogP contribution in [0.4, 0.5) is 0 Å². The van der Waals surface area contributed by atoms with Gasteiger partial charge in [0.1, 0.15) is 22.8 Å². The average Bonchev–Trinajstić information content (AvgIpc) is 3.66. The third-order valence-electron chi connectivity index (χ3n) is 7.27. The second-order valence-electron chi connectivity index (χ2n) is 9.63. The highest BCUT2D eigenvalue weighted by Gasteiger charge is 2.20. The van der Waals surface area contributed by atoms with E-state index in [1.54, 1.807) is 11.8 Å². The van der Waals surface area contributed by atoms with Gasteiger partial charge < -0.3 is 8.98 Å². The summed E-state index contributed by atoms with van der Waals surface area (Å²) in [5, 5.41) is 4.60. The Hall–Kier alpha value is -4.81. The van der Waals surface area contributed by atoms with Crippen molar-refractivity contribution >= 4 is 55.5 Å². The van der Waals surface area contributed by atoms with Crippen LogP contribution in [0.25, 0.3) is 61.0 Å². The summed E-state index contributed by atoms with van der Waals surface area (Å²) >= 11 is 1.75. The van der Waals surface area contributed by atoms with Crippen LogP contribution in [0, 0.1) is 0 Å². The molecule has 186 valence electrons. The van der Waals surface area contributed by atoms with Gasteiger partial charge in [0.15, 0.2) is 0 Å². The van der Waals surface area contributed by atoms with Gasteiger partial charge in [0.25, 0.3) is 0 Å². The van der Waals surface area contributed by atoms with Crippen molar-refractivity contribution < 1.29 is 4.42 Å². The van der Waals surface area contributed by atoms with Gasteiger partial charge in [0.2, 0.25) is 0 Å². The van der Waals surface area contributed by atoms with Gasteiger partial charge in [-0.1, -0.05) is 54.2 Å². The summed E-state index contributed by atoms with van der Waals surface area (Å²) in [5.41, 5.74) is 5.10. The summed E-state index contributed by atoms with van der Waals surface area (Å²) < 4.78 is 10.6.